The summed E-state index contributed by atoms with van der Waals surface area (Å²) in [6.45, 7) is 6.43. The van der Waals surface area contributed by atoms with Gasteiger partial charge in [-0.1, -0.05) is 13.8 Å². The molecular formula is C15H21N7O. The number of aryl methyl sites for hydroxylation is 3. The van der Waals surface area contributed by atoms with Gasteiger partial charge in [-0.05, 0) is 6.92 Å². The highest BCUT2D eigenvalue weighted by molar-refractivity contribution is 5.77. The summed E-state index contributed by atoms with van der Waals surface area (Å²) in [6, 6.07) is 2.07. The Bertz CT molecular complexity index is 736. The Kier molecular flexibility index (Phi) is 5.01. The number of imidazole rings is 1. The van der Waals surface area contributed by atoms with Crippen LogP contribution in [0, 0.1) is 18.3 Å². The molecule has 2 heterocycles. The van der Waals surface area contributed by atoms with Crippen molar-refractivity contribution in [1.82, 2.24) is 24.8 Å². The molecule has 2 rings (SSSR count). The van der Waals surface area contributed by atoms with Gasteiger partial charge in [-0.2, -0.15) is 10.4 Å². The number of rotatable bonds is 6. The molecule has 8 nitrogen and oxygen atoms in total. The zero-order valence-electron chi connectivity index (χ0n) is 13.8. The maximum absolute atomic E-state index is 12.0. The number of nitriles is 1. The fourth-order valence-corrected chi connectivity index (χ4v) is 2.36. The molecule has 0 spiro atoms. The summed E-state index contributed by atoms with van der Waals surface area (Å²) in [5, 5.41) is 13.3. The van der Waals surface area contributed by atoms with E-state index in [2.05, 4.69) is 40.9 Å². The van der Waals surface area contributed by atoms with Crippen LogP contribution in [0.1, 0.15) is 43.3 Å². The molecule has 2 aromatic rings. The monoisotopic (exact) mass is 315 g/mol. The van der Waals surface area contributed by atoms with Crippen molar-refractivity contribution in [3.63, 3.8) is 0 Å². The number of hydrazine groups is 1. The van der Waals surface area contributed by atoms with Crippen molar-refractivity contribution in [1.29, 1.82) is 5.26 Å². The molecule has 0 saturated carbocycles. The Morgan fingerprint density at radius 3 is 2.87 bits per heavy atom. The van der Waals surface area contributed by atoms with Crippen molar-refractivity contribution in [2.75, 3.05) is 5.43 Å². The van der Waals surface area contributed by atoms with E-state index in [0.29, 0.717) is 36.0 Å². The third-order valence-electron chi connectivity index (χ3n) is 3.50. The number of hydrogen-bond acceptors (Lipinski definition) is 5. The van der Waals surface area contributed by atoms with Gasteiger partial charge in [-0.15, -0.1) is 0 Å². The summed E-state index contributed by atoms with van der Waals surface area (Å²) in [5.74, 6) is 1.57. The molecular weight excluding hydrogens is 294 g/mol. The first-order chi connectivity index (χ1) is 10.9. The summed E-state index contributed by atoms with van der Waals surface area (Å²) < 4.78 is 3.50. The molecule has 1 amide bonds. The van der Waals surface area contributed by atoms with E-state index in [9.17, 15) is 4.79 Å². The molecule has 122 valence electrons. The van der Waals surface area contributed by atoms with Gasteiger partial charge in [0.05, 0.1) is 5.69 Å². The number of hydrogen-bond donors (Lipinski definition) is 2. The molecule has 0 aliphatic heterocycles. The van der Waals surface area contributed by atoms with E-state index in [1.54, 1.807) is 20.2 Å². The number of aromatic nitrogens is 4. The zero-order chi connectivity index (χ0) is 17.0. The second-order valence-corrected chi connectivity index (χ2v) is 5.60. The van der Waals surface area contributed by atoms with E-state index in [-0.39, 0.29) is 5.91 Å². The molecule has 0 bridgehead atoms. The maximum atomic E-state index is 12.0. The lowest BCUT2D eigenvalue weighted by Crippen LogP contribution is -2.31. The van der Waals surface area contributed by atoms with E-state index >= 15 is 0 Å². The highest BCUT2D eigenvalue weighted by atomic mass is 16.2. The highest BCUT2D eigenvalue weighted by Crippen LogP contribution is 2.16. The molecule has 2 aromatic heterocycles. The average Bonchev–Trinajstić information content (AvgIpc) is 3.07. The second-order valence-electron chi connectivity index (χ2n) is 5.60. The number of carbonyl (C=O) groups excluding carboxylic acids is 1. The molecule has 0 fully saturated rings. The smallest absolute Gasteiger partial charge is 0.240 e. The second kappa shape index (κ2) is 6.96. The van der Waals surface area contributed by atoms with Crippen LogP contribution in [0.4, 0.5) is 5.82 Å². The Morgan fingerprint density at radius 2 is 2.22 bits per heavy atom. The Hall–Kier alpha value is -2.82. The lowest BCUT2D eigenvalue weighted by molar-refractivity contribution is -0.120. The van der Waals surface area contributed by atoms with E-state index in [1.807, 2.05) is 10.8 Å². The van der Waals surface area contributed by atoms with Crippen molar-refractivity contribution in [3.05, 3.63) is 29.5 Å². The number of carbonyl (C=O) groups is 1. The van der Waals surface area contributed by atoms with E-state index in [0.717, 1.165) is 5.82 Å². The van der Waals surface area contributed by atoms with Crippen LogP contribution in [0.15, 0.2) is 12.4 Å². The van der Waals surface area contributed by atoms with Crippen LogP contribution in [0.2, 0.25) is 0 Å². The lowest BCUT2D eigenvalue weighted by atomic mass is 10.2. The number of amides is 1. The molecule has 0 aliphatic carbocycles. The summed E-state index contributed by atoms with van der Waals surface area (Å²) in [7, 11) is 1.71. The molecule has 23 heavy (non-hydrogen) atoms. The lowest BCUT2D eigenvalue weighted by Gasteiger charge is -2.11. The molecule has 0 atom stereocenters. The molecule has 0 radical (unpaired) electrons. The van der Waals surface area contributed by atoms with Crippen LogP contribution in [-0.2, 0) is 18.4 Å². The minimum atomic E-state index is -0.170. The van der Waals surface area contributed by atoms with Gasteiger partial charge in [0.25, 0.3) is 0 Å². The summed E-state index contributed by atoms with van der Waals surface area (Å²) in [4.78, 5) is 16.3. The fraction of sp³-hybridized carbons (Fsp3) is 0.467. The molecule has 8 heteroatoms. The van der Waals surface area contributed by atoms with Gasteiger partial charge in [0.15, 0.2) is 5.82 Å². The zero-order valence-corrected chi connectivity index (χ0v) is 13.8. The number of nitrogens with zero attached hydrogens (tertiary/aromatic N) is 5. The van der Waals surface area contributed by atoms with Crippen LogP contribution in [0.5, 0.6) is 0 Å². The van der Waals surface area contributed by atoms with Crippen LogP contribution in [-0.4, -0.2) is 25.2 Å². The molecule has 0 unspecified atom stereocenters. The molecule has 0 aromatic carbocycles. The first kappa shape index (κ1) is 16.5. The van der Waals surface area contributed by atoms with Crippen molar-refractivity contribution in [2.45, 2.75) is 39.7 Å². The van der Waals surface area contributed by atoms with E-state index < -0.39 is 0 Å². The van der Waals surface area contributed by atoms with Gasteiger partial charge in [-0.3, -0.25) is 20.3 Å². The quantitative estimate of drug-likeness (QED) is 0.786. The van der Waals surface area contributed by atoms with Crippen LogP contribution >= 0.6 is 0 Å². The van der Waals surface area contributed by atoms with E-state index in [4.69, 9.17) is 5.26 Å². The predicted molar refractivity (Wildman–Crippen MR) is 85.4 cm³/mol. The average molecular weight is 315 g/mol. The standard InChI is InChI=1S/C15H21N7O/c1-10(2)14-17-6-8-22(14)7-5-13(23)18-19-15-12(9-16)11(3)20-21(15)4/h6,8,10,19H,5,7H2,1-4H3,(H,18,23). The molecule has 0 aliphatic rings. The third-order valence-corrected chi connectivity index (χ3v) is 3.50. The third kappa shape index (κ3) is 3.69. The minimum Gasteiger partial charge on any atom is -0.334 e. The van der Waals surface area contributed by atoms with Gasteiger partial charge >= 0.3 is 0 Å². The van der Waals surface area contributed by atoms with Gasteiger partial charge < -0.3 is 4.57 Å². The SMILES string of the molecule is Cc1nn(C)c(NNC(=O)CCn2ccnc2C(C)C)c1C#N. The van der Waals surface area contributed by atoms with Crippen LogP contribution < -0.4 is 10.9 Å². The van der Waals surface area contributed by atoms with Crippen molar-refractivity contribution >= 4 is 11.7 Å². The normalized spacial score (nSPS) is 10.6. The van der Waals surface area contributed by atoms with Gasteiger partial charge in [-0.25, -0.2) is 4.98 Å². The Balaban J connectivity index is 1.91. The van der Waals surface area contributed by atoms with Crippen LogP contribution in [0.25, 0.3) is 0 Å². The molecule has 2 N–H and O–H groups in total. The summed E-state index contributed by atoms with van der Waals surface area (Å²) in [6.07, 6.45) is 3.92. The summed E-state index contributed by atoms with van der Waals surface area (Å²) >= 11 is 0. The number of anilines is 1. The Morgan fingerprint density at radius 1 is 1.48 bits per heavy atom. The topological polar surface area (TPSA) is 101 Å². The molecule has 0 saturated heterocycles. The number of nitrogens with one attached hydrogen (secondary N) is 2. The van der Waals surface area contributed by atoms with Crippen LogP contribution in [0.3, 0.4) is 0 Å². The highest BCUT2D eigenvalue weighted by Gasteiger charge is 2.14. The van der Waals surface area contributed by atoms with Crippen molar-refractivity contribution in [3.8, 4) is 6.07 Å². The first-order valence-corrected chi connectivity index (χ1v) is 7.43. The van der Waals surface area contributed by atoms with Gasteiger partial charge in [0, 0.05) is 38.3 Å². The van der Waals surface area contributed by atoms with Gasteiger partial charge in [0.2, 0.25) is 5.91 Å². The fourth-order valence-electron chi connectivity index (χ4n) is 2.36. The predicted octanol–water partition coefficient (Wildman–Crippen LogP) is 1.45. The van der Waals surface area contributed by atoms with Crippen molar-refractivity contribution < 1.29 is 4.79 Å². The largest absolute Gasteiger partial charge is 0.334 e. The van der Waals surface area contributed by atoms with Crippen molar-refractivity contribution in [2.24, 2.45) is 7.05 Å². The Labute approximate surface area is 135 Å². The van der Waals surface area contributed by atoms with Gasteiger partial charge in [0.1, 0.15) is 17.5 Å². The van der Waals surface area contributed by atoms with E-state index in [1.165, 1.54) is 4.68 Å². The maximum Gasteiger partial charge on any atom is 0.240 e. The summed E-state index contributed by atoms with van der Waals surface area (Å²) in [5.41, 5.74) is 6.42. The first-order valence-electron chi connectivity index (χ1n) is 7.43. The minimum absolute atomic E-state index is 0.170.